The number of nitro benzene ring substituents is 1. The maximum Gasteiger partial charge on any atom is 0.269 e. The number of amides is 1. The van der Waals surface area contributed by atoms with Crippen molar-refractivity contribution in [3.63, 3.8) is 0 Å². The molecule has 0 saturated heterocycles. The maximum absolute atomic E-state index is 13.8. The summed E-state index contributed by atoms with van der Waals surface area (Å²) in [5.74, 6) is -0.681. The van der Waals surface area contributed by atoms with Crippen LogP contribution >= 0.6 is 0 Å². The van der Waals surface area contributed by atoms with Gasteiger partial charge in [0.2, 0.25) is 5.91 Å². The minimum absolute atomic E-state index is 0.107. The van der Waals surface area contributed by atoms with Crippen molar-refractivity contribution in [3.05, 3.63) is 87.9 Å². The van der Waals surface area contributed by atoms with Crippen LogP contribution in [-0.4, -0.2) is 10.8 Å². The van der Waals surface area contributed by atoms with Crippen LogP contribution in [0.2, 0.25) is 0 Å². The molecule has 0 aliphatic heterocycles. The molecule has 7 nitrogen and oxygen atoms in total. The number of benzene rings is 2. The molecule has 0 spiro atoms. The Bertz CT molecular complexity index is 1060. The number of carbonyl (C=O) groups is 1. The van der Waals surface area contributed by atoms with E-state index in [-0.39, 0.29) is 17.8 Å². The number of carbonyl (C=O) groups excluding carboxylic acids is 1. The van der Waals surface area contributed by atoms with E-state index in [9.17, 15) is 24.4 Å². The lowest BCUT2D eigenvalue weighted by Crippen LogP contribution is -2.21. The van der Waals surface area contributed by atoms with Gasteiger partial charge in [-0.05, 0) is 35.9 Å². The highest BCUT2D eigenvalue weighted by atomic mass is 19.1. The van der Waals surface area contributed by atoms with Gasteiger partial charge in [-0.25, -0.2) is 4.39 Å². The van der Waals surface area contributed by atoms with Crippen LogP contribution < -0.4 is 10.4 Å². The van der Waals surface area contributed by atoms with Gasteiger partial charge in [0.25, 0.3) is 5.69 Å². The Kier molecular flexibility index (Phi) is 5.50. The Morgan fingerprint density at radius 1 is 1.18 bits per heavy atom. The van der Waals surface area contributed by atoms with Gasteiger partial charge in [-0.3, -0.25) is 14.9 Å². The van der Waals surface area contributed by atoms with E-state index in [0.29, 0.717) is 17.1 Å². The van der Waals surface area contributed by atoms with Crippen LogP contribution in [0, 0.1) is 15.9 Å². The Labute approximate surface area is 158 Å². The van der Waals surface area contributed by atoms with E-state index < -0.39 is 22.4 Å². The maximum atomic E-state index is 13.8. The molecule has 3 rings (SSSR count). The van der Waals surface area contributed by atoms with Crippen molar-refractivity contribution >= 4 is 17.7 Å². The monoisotopic (exact) mass is 381 g/mol. The van der Waals surface area contributed by atoms with Gasteiger partial charge in [-0.2, -0.15) is 0 Å². The fourth-order valence-electron chi connectivity index (χ4n) is 2.46. The first-order chi connectivity index (χ1) is 13.4. The number of rotatable bonds is 6. The molecular weight excluding hydrogens is 367 g/mol. The minimum Gasteiger partial charge on any atom is -0.872 e. The van der Waals surface area contributed by atoms with E-state index in [0.717, 1.165) is 18.2 Å². The first kappa shape index (κ1) is 18.8. The number of non-ortho nitro benzene ring substituents is 1. The van der Waals surface area contributed by atoms with Crippen LogP contribution in [0.25, 0.3) is 17.4 Å². The number of nitrogens with one attached hydrogen (secondary N) is 1. The Balaban J connectivity index is 1.63. The van der Waals surface area contributed by atoms with Gasteiger partial charge in [0, 0.05) is 24.8 Å². The van der Waals surface area contributed by atoms with Crippen LogP contribution in [-0.2, 0) is 11.3 Å². The molecule has 0 unspecified atom stereocenters. The summed E-state index contributed by atoms with van der Waals surface area (Å²) < 4.78 is 19.3. The molecule has 3 aromatic rings. The van der Waals surface area contributed by atoms with Crippen molar-refractivity contribution in [2.24, 2.45) is 0 Å². The minimum atomic E-state index is -0.616. The summed E-state index contributed by atoms with van der Waals surface area (Å²) in [6.45, 7) is -0.150. The topological polar surface area (TPSA) is 108 Å². The lowest BCUT2D eigenvalue weighted by Gasteiger charge is -2.12. The van der Waals surface area contributed by atoms with Crippen LogP contribution in [0.3, 0.4) is 0 Å². The molecule has 0 saturated carbocycles. The standard InChI is InChI=1S/C20H15FN2O5/c21-17-4-2-1-3-16(17)19-9-6-15(28-19)7-10-20(25)22-12-13-11-14(23(26)27)5-8-18(13)24/h1-11,24H,12H2,(H,22,25)/p-1/b10-7+. The summed E-state index contributed by atoms with van der Waals surface area (Å²) in [5.41, 5.74) is 0.187. The lowest BCUT2D eigenvalue weighted by molar-refractivity contribution is -0.385. The largest absolute Gasteiger partial charge is 0.872 e. The van der Waals surface area contributed by atoms with Gasteiger partial charge < -0.3 is 14.8 Å². The van der Waals surface area contributed by atoms with E-state index in [4.69, 9.17) is 4.42 Å². The van der Waals surface area contributed by atoms with Gasteiger partial charge in [-0.15, -0.1) is 5.75 Å². The van der Waals surface area contributed by atoms with E-state index in [1.807, 2.05) is 0 Å². The average molecular weight is 381 g/mol. The zero-order chi connectivity index (χ0) is 20.1. The Morgan fingerprint density at radius 3 is 2.71 bits per heavy atom. The molecule has 0 aliphatic carbocycles. The zero-order valence-electron chi connectivity index (χ0n) is 14.4. The fourth-order valence-corrected chi connectivity index (χ4v) is 2.46. The summed E-state index contributed by atoms with van der Waals surface area (Å²) >= 11 is 0. The molecule has 2 aromatic carbocycles. The van der Waals surface area contributed by atoms with Gasteiger partial charge >= 0.3 is 0 Å². The lowest BCUT2D eigenvalue weighted by atomic mass is 10.1. The van der Waals surface area contributed by atoms with E-state index in [1.54, 1.807) is 30.3 Å². The molecule has 1 amide bonds. The van der Waals surface area contributed by atoms with Crippen LogP contribution in [0.15, 0.2) is 65.1 Å². The van der Waals surface area contributed by atoms with E-state index >= 15 is 0 Å². The second-order valence-corrected chi connectivity index (χ2v) is 5.78. The molecule has 1 aromatic heterocycles. The highest BCUT2D eigenvalue weighted by molar-refractivity contribution is 5.91. The molecule has 0 aliphatic rings. The predicted octanol–water partition coefficient (Wildman–Crippen LogP) is 3.40. The van der Waals surface area contributed by atoms with Crippen molar-refractivity contribution in [2.75, 3.05) is 0 Å². The fraction of sp³-hybridized carbons (Fsp3) is 0.0500. The second-order valence-electron chi connectivity index (χ2n) is 5.78. The molecule has 0 bridgehead atoms. The Morgan fingerprint density at radius 2 is 1.96 bits per heavy atom. The normalized spacial score (nSPS) is 10.9. The summed E-state index contributed by atoms with van der Waals surface area (Å²) in [6, 6.07) is 12.6. The van der Waals surface area contributed by atoms with Gasteiger partial charge in [-0.1, -0.05) is 18.2 Å². The first-order valence-corrected chi connectivity index (χ1v) is 8.19. The van der Waals surface area contributed by atoms with Crippen molar-refractivity contribution in [2.45, 2.75) is 6.54 Å². The van der Waals surface area contributed by atoms with Crippen LogP contribution in [0.4, 0.5) is 10.1 Å². The smallest absolute Gasteiger partial charge is 0.269 e. The van der Waals surface area contributed by atoms with E-state index in [2.05, 4.69) is 5.32 Å². The van der Waals surface area contributed by atoms with Gasteiger partial charge in [0.1, 0.15) is 17.3 Å². The quantitative estimate of drug-likeness (QED) is 0.400. The van der Waals surface area contributed by atoms with E-state index in [1.165, 1.54) is 18.2 Å². The molecule has 28 heavy (non-hydrogen) atoms. The molecule has 0 atom stereocenters. The predicted molar refractivity (Wildman–Crippen MR) is 97.5 cm³/mol. The molecule has 1 heterocycles. The first-order valence-electron chi connectivity index (χ1n) is 8.19. The molecule has 1 N–H and O–H groups in total. The highest BCUT2D eigenvalue weighted by Gasteiger charge is 2.09. The number of hydrogen-bond donors (Lipinski definition) is 1. The van der Waals surface area contributed by atoms with Crippen LogP contribution in [0.5, 0.6) is 5.75 Å². The van der Waals surface area contributed by atoms with Crippen molar-refractivity contribution in [1.82, 2.24) is 5.32 Å². The Hall–Kier alpha value is -3.94. The molecule has 0 fully saturated rings. The third-order valence-electron chi connectivity index (χ3n) is 3.87. The summed E-state index contributed by atoms with van der Waals surface area (Å²) in [5, 5.41) is 24.9. The van der Waals surface area contributed by atoms with Crippen molar-refractivity contribution in [1.29, 1.82) is 0 Å². The summed E-state index contributed by atoms with van der Waals surface area (Å²) in [7, 11) is 0. The highest BCUT2D eigenvalue weighted by Crippen LogP contribution is 2.25. The van der Waals surface area contributed by atoms with Gasteiger partial charge in [0.05, 0.1) is 10.5 Å². The van der Waals surface area contributed by atoms with Crippen LogP contribution in [0.1, 0.15) is 11.3 Å². The molecule has 142 valence electrons. The number of nitro groups is 1. The van der Waals surface area contributed by atoms with Crippen molar-refractivity contribution < 1.29 is 23.6 Å². The SMILES string of the molecule is O=C(/C=C/c1ccc(-c2ccccc2F)o1)NCc1cc([N+](=O)[O-])ccc1[O-]. The molecular formula is C20H14FN2O5-. The number of furan rings is 1. The molecule has 8 heteroatoms. The second kappa shape index (κ2) is 8.17. The third-order valence-corrected chi connectivity index (χ3v) is 3.87. The average Bonchev–Trinajstić information content (AvgIpc) is 3.14. The van der Waals surface area contributed by atoms with Crippen molar-refractivity contribution in [3.8, 4) is 17.1 Å². The number of halogens is 1. The number of hydrogen-bond acceptors (Lipinski definition) is 5. The zero-order valence-corrected chi connectivity index (χ0v) is 14.4. The molecule has 0 radical (unpaired) electrons. The third kappa shape index (κ3) is 4.42. The number of nitrogens with zero attached hydrogens (tertiary/aromatic N) is 1. The summed E-state index contributed by atoms with van der Waals surface area (Å²) in [6.07, 6.45) is 2.58. The van der Waals surface area contributed by atoms with Gasteiger partial charge in [0.15, 0.2) is 0 Å². The summed E-state index contributed by atoms with van der Waals surface area (Å²) in [4.78, 5) is 22.1.